The summed E-state index contributed by atoms with van der Waals surface area (Å²) in [5.74, 6) is 1.05. The summed E-state index contributed by atoms with van der Waals surface area (Å²) in [5.41, 5.74) is 1.89. The van der Waals surface area contributed by atoms with Crippen LogP contribution in [0.25, 0.3) is 0 Å². The first-order valence-electron chi connectivity index (χ1n) is 10.6. The van der Waals surface area contributed by atoms with Crippen LogP contribution in [-0.4, -0.2) is 17.9 Å². The number of amides is 2. The molecule has 0 spiro atoms. The zero-order valence-corrected chi connectivity index (χ0v) is 16.6. The molecule has 2 aliphatic carbocycles. The van der Waals surface area contributed by atoms with Crippen LogP contribution in [0, 0.1) is 11.8 Å². The quantitative estimate of drug-likeness (QED) is 0.739. The van der Waals surface area contributed by atoms with Crippen LogP contribution in [0.3, 0.4) is 0 Å². The molecule has 2 amide bonds. The van der Waals surface area contributed by atoms with Crippen molar-refractivity contribution in [3.8, 4) is 5.75 Å². The normalized spacial score (nSPS) is 21.2. The van der Waals surface area contributed by atoms with Crippen molar-refractivity contribution in [2.45, 2.75) is 51.2 Å². The Morgan fingerprint density at radius 3 is 2.03 bits per heavy atom. The minimum absolute atomic E-state index is 0.0195. The number of carbonyl (C=O) groups excluding carboxylic acids is 2. The van der Waals surface area contributed by atoms with Gasteiger partial charge in [0.05, 0.1) is 0 Å². The second-order valence-electron chi connectivity index (χ2n) is 8.12. The molecule has 0 heterocycles. The topological polar surface area (TPSA) is 67.4 Å². The number of ether oxygens (including phenoxy) is 1. The fourth-order valence-corrected chi connectivity index (χ4v) is 3.78. The lowest BCUT2D eigenvalue weighted by Crippen LogP contribution is -2.36. The summed E-state index contributed by atoms with van der Waals surface area (Å²) in [5, 5.41) is 6.09. The SMILES string of the molecule is O=C(Nc1ccc(OCc2ccccc2)cc1)C1CCC(C(=O)NC2CC2)CC1. The molecule has 0 saturated heterocycles. The Kier molecular flexibility index (Phi) is 6.13. The van der Waals surface area contributed by atoms with Crippen molar-refractivity contribution in [1.82, 2.24) is 5.32 Å². The number of hydrogen-bond acceptors (Lipinski definition) is 3. The Bertz CT molecular complexity index is 823. The monoisotopic (exact) mass is 392 g/mol. The fourth-order valence-electron chi connectivity index (χ4n) is 3.78. The maximum Gasteiger partial charge on any atom is 0.227 e. The predicted molar refractivity (Wildman–Crippen MR) is 112 cm³/mol. The maximum atomic E-state index is 12.6. The summed E-state index contributed by atoms with van der Waals surface area (Å²) in [6, 6.07) is 17.9. The minimum Gasteiger partial charge on any atom is -0.489 e. The standard InChI is InChI=1S/C24H28N2O3/c27-23(25-20-10-11-20)18-6-8-19(9-7-18)24(28)26-21-12-14-22(15-13-21)29-16-17-4-2-1-3-5-17/h1-5,12-15,18-20H,6-11,16H2,(H,25,27)(H,26,28). The van der Waals surface area contributed by atoms with Gasteiger partial charge in [-0.25, -0.2) is 0 Å². The number of benzene rings is 2. The Hall–Kier alpha value is -2.82. The zero-order valence-electron chi connectivity index (χ0n) is 16.6. The van der Waals surface area contributed by atoms with E-state index in [4.69, 9.17) is 4.74 Å². The lowest BCUT2D eigenvalue weighted by Gasteiger charge is -2.27. The van der Waals surface area contributed by atoms with E-state index in [-0.39, 0.29) is 23.7 Å². The zero-order chi connectivity index (χ0) is 20.1. The number of anilines is 1. The number of rotatable bonds is 7. The molecule has 152 valence electrons. The highest BCUT2D eigenvalue weighted by Crippen LogP contribution is 2.31. The van der Waals surface area contributed by atoms with Crippen LogP contribution >= 0.6 is 0 Å². The molecule has 0 radical (unpaired) electrons. The second-order valence-corrected chi connectivity index (χ2v) is 8.12. The lowest BCUT2D eigenvalue weighted by atomic mass is 9.81. The molecular formula is C24H28N2O3. The molecule has 29 heavy (non-hydrogen) atoms. The Morgan fingerprint density at radius 2 is 1.41 bits per heavy atom. The van der Waals surface area contributed by atoms with E-state index in [2.05, 4.69) is 10.6 Å². The van der Waals surface area contributed by atoms with Crippen LogP contribution in [0.15, 0.2) is 54.6 Å². The molecule has 0 aromatic heterocycles. The summed E-state index contributed by atoms with van der Waals surface area (Å²) in [6.07, 6.45) is 5.35. The van der Waals surface area contributed by atoms with Crippen LogP contribution in [0.5, 0.6) is 5.75 Å². The average molecular weight is 392 g/mol. The van der Waals surface area contributed by atoms with Gasteiger partial charge in [0.15, 0.2) is 0 Å². The highest BCUT2D eigenvalue weighted by Gasteiger charge is 2.32. The van der Waals surface area contributed by atoms with Crippen LogP contribution in [0.1, 0.15) is 44.1 Å². The van der Waals surface area contributed by atoms with Crippen molar-refractivity contribution in [3.63, 3.8) is 0 Å². The van der Waals surface area contributed by atoms with Crippen LogP contribution in [0.4, 0.5) is 5.69 Å². The minimum atomic E-state index is -0.0195. The van der Waals surface area contributed by atoms with Crippen LogP contribution in [0.2, 0.25) is 0 Å². The molecule has 0 aliphatic heterocycles. The van der Waals surface area contributed by atoms with Gasteiger partial charge < -0.3 is 15.4 Å². The Labute approximate surface area is 171 Å². The summed E-state index contributed by atoms with van der Waals surface area (Å²) in [6.45, 7) is 0.518. The third-order valence-electron chi connectivity index (χ3n) is 5.76. The van der Waals surface area contributed by atoms with E-state index < -0.39 is 0 Å². The second kappa shape index (κ2) is 9.12. The molecule has 2 N–H and O–H groups in total. The van der Waals surface area contributed by atoms with E-state index in [1.807, 2.05) is 54.6 Å². The molecular weight excluding hydrogens is 364 g/mol. The van der Waals surface area contributed by atoms with Gasteiger partial charge in [0.2, 0.25) is 11.8 Å². The van der Waals surface area contributed by atoms with Crippen molar-refractivity contribution in [3.05, 3.63) is 60.2 Å². The number of carbonyl (C=O) groups is 2. The summed E-state index contributed by atoms with van der Waals surface area (Å²) in [4.78, 5) is 24.8. The molecule has 2 aromatic carbocycles. The Morgan fingerprint density at radius 1 is 0.793 bits per heavy atom. The fraction of sp³-hybridized carbons (Fsp3) is 0.417. The maximum absolute atomic E-state index is 12.6. The van der Waals surface area contributed by atoms with Gasteiger partial charge in [0.1, 0.15) is 12.4 Å². The van der Waals surface area contributed by atoms with Crippen molar-refractivity contribution in [1.29, 1.82) is 0 Å². The molecule has 2 aliphatic rings. The van der Waals surface area contributed by atoms with E-state index in [0.717, 1.165) is 55.5 Å². The number of nitrogens with one attached hydrogen (secondary N) is 2. The van der Waals surface area contributed by atoms with Crippen LogP contribution in [-0.2, 0) is 16.2 Å². The molecule has 4 rings (SSSR count). The summed E-state index contributed by atoms with van der Waals surface area (Å²) in [7, 11) is 0. The molecule has 0 bridgehead atoms. The van der Waals surface area contributed by atoms with Gasteiger partial charge in [-0.1, -0.05) is 30.3 Å². The summed E-state index contributed by atoms with van der Waals surface area (Å²) >= 11 is 0. The highest BCUT2D eigenvalue weighted by molar-refractivity contribution is 5.92. The molecule has 2 aromatic rings. The van der Waals surface area contributed by atoms with Gasteiger partial charge in [0, 0.05) is 23.6 Å². The van der Waals surface area contributed by atoms with Crippen molar-refractivity contribution in [2.75, 3.05) is 5.32 Å². The average Bonchev–Trinajstić information content (AvgIpc) is 3.58. The molecule has 2 saturated carbocycles. The smallest absolute Gasteiger partial charge is 0.227 e. The summed E-state index contributed by atoms with van der Waals surface area (Å²) < 4.78 is 5.78. The van der Waals surface area contributed by atoms with Crippen molar-refractivity contribution >= 4 is 17.5 Å². The van der Waals surface area contributed by atoms with Gasteiger partial charge in [-0.15, -0.1) is 0 Å². The lowest BCUT2D eigenvalue weighted by molar-refractivity contribution is -0.128. The van der Waals surface area contributed by atoms with Gasteiger partial charge >= 0.3 is 0 Å². The first-order chi connectivity index (χ1) is 14.2. The number of hydrogen-bond donors (Lipinski definition) is 2. The van der Waals surface area contributed by atoms with Crippen molar-refractivity contribution in [2.24, 2.45) is 11.8 Å². The van der Waals surface area contributed by atoms with E-state index in [0.29, 0.717) is 12.6 Å². The molecule has 0 atom stereocenters. The molecule has 5 heteroatoms. The van der Waals surface area contributed by atoms with E-state index >= 15 is 0 Å². The van der Waals surface area contributed by atoms with Gasteiger partial charge in [0.25, 0.3) is 0 Å². The largest absolute Gasteiger partial charge is 0.489 e. The van der Waals surface area contributed by atoms with Gasteiger partial charge in [-0.05, 0) is 68.4 Å². The van der Waals surface area contributed by atoms with E-state index in [1.165, 1.54) is 0 Å². The Balaban J connectivity index is 1.22. The highest BCUT2D eigenvalue weighted by atomic mass is 16.5. The third kappa shape index (κ3) is 5.59. The third-order valence-corrected chi connectivity index (χ3v) is 5.76. The molecule has 5 nitrogen and oxygen atoms in total. The van der Waals surface area contributed by atoms with Crippen LogP contribution < -0.4 is 15.4 Å². The molecule has 0 unspecified atom stereocenters. The first-order valence-corrected chi connectivity index (χ1v) is 10.6. The van der Waals surface area contributed by atoms with E-state index in [1.54, 1.807) is 0 Å². The first kappa shape index (κ1) is 19.5. The van der Waals surface area contributed by atoms with Gasteiger partial charge in [-0.2, -0.15) is 0 Å². The van der Waals surface area contributed by atoms with E-state index in [9.17, 15) is 9.59 Å². The van der Waals surface area contributed by atoms with Gasteiger partial charge in [-0.3, -0.25) is 9.59 Å². The van der Waals surface area contributed by atoms with Crippen molar-refractivity contribution < 1.29 is 14.3 Å². The predicted octanol–water partition coefficient (Wildman–Crippen LogP) is 4.29. The molecule has 2 fully saturated rings.